The number of carbonyl (C=O) groups is 1. The SMILES string of the molecule is COc1ccc(-c2nnc(SCC(=O)N(C)[C@H](C)c3ccccc3)n2C[C@H]2CCCO2)cc1. The molecular weight excluding hydrogens is 436 g/mol. The molecule has 33 heavy (non-hydrogen) atoms. The van der Waals surface area contributed by atoms with Crippen molar-refractivity contribution in [1.29, 1.82) is 0 Å². The zero-order valence-corrected chi connectivity index (χ0v) is 20.1. The number of ether oxygens (including phenoxy) is 2. The highest BCUT2D eigenvalue weighted by atomic mass is 32.2. The number of methoxy groups -OCH3 is 1. The summed E-state index contributed by atoms with van der Waals surface area (Å²) in [6.45, 7) is 3.49. The summed E-state index contributed by atoms with van der Waals surface area (Å²) in [7, 11) is 3.50. The smallest absolute Gasteiger partial charge is 0.233 e. The van der Waals surface area contributed by atoms with Gasteiger partial charge in [0.25, 0.3) is 0 Å². The molecule has 2 atom stereocenters. The summed E-state index contributed by atoms with van der Waals surface area (Å²) in [4.78, 5) is 14.7. The molecule has 2 aromatic carbocycles. The molecule has 0 bridgehead atoms. The van der Waals surface area contributed by atoms with Crippen LogP contribution in [0.4, 0.5) is 0 Å². The van der Waals surface area contributed by atoms with Crippen molar-refractivity contribution in [3.8, 4) is 17.1 Å². The van der Waals surface area contributed by atoms with Crippen molar-refractivity contribution in [2.45, 2.75) is 43.6 Å². The van der Waals surface area contributed by atoms with Crippen LogP contribution < -0.4 is 4.74 Å². The van der Waals surface area contributed by atoms with Gasteiger partial charge in [0.2, 0.25) is 5.91 Å². The Morgan fingerprint density at radius 3 is 2.64 bits per heavy atom. The molecule has 4 rings (SSSR count). The number of carbonyl (C=O) groups excluding carboxylic acids is 1. The van der Waals surface area contributed by atoms with Gasteiger partial charge >= 0.3 is 0 Å². The van der Waals surface area contributed by atoms with E-state index >= 15 is 0 Å². The van der Waals surface area contributed by atoms with E-state index in [1.165, 1.54) is 11.8 Å². The summed E-state index contributed by atoms with van der Waals surface area (Å²) in [5.41, 5.74) is 2.07. The van der Waals surface area contributed by atoms with Gasteiger partial charge in [0.15, 0.2) is 11.0 Å². The topological polar surface area (TPSA) is 69.5 Å². The van der Waals surface area contributed by atoms with Crippen LogP contribution in [0.15, 0.2) is 59.8 Å². The summed E-state index contributed by atoms with van der Waals surface area (Å²) in [6.07, 6.45) is 2.21. The predicted octanol–water partition coefficient (Wildman–Crippen LogP) is 4.44. The third-order valence-corrected chi connectivity index (χ3v) is 7.01. The number of benzene rings is 2. The first kappa shape index (κ1) is 23.3. The average molecular weight is 467 g/mol. The number of hydrogen-bond acceptors (Lipinski definition) is 6. The third-order valence-electron chi connectivity index (χ3n) is 6.06. The number of aromatic nitrogens is 3. The van der Waals surface area contributed by atoms with Crippen LogP contribution in [-0.2, 0) is 16.1 Å². The van der Waals surface area contributed by atoms with Gasteiger partial charge in [0.1, 0.15) is 5.75 Å². The van der Waals surface area contributed by atoms with E-state index in [1.807, 2.05) is 68.6 Å². The van der Waals surface area contributed by atoms with Crippen molar-refractivity contribution in [1.82, 2.24) is 19.7 Å². The minimum Gasteiger partial charge on any atom is -0.497 e. The van der Waals surface area contributed by atoms with Crippen molar-refractivity contribution >= 4 is 17.7 Å². The van der Waals surface area contributed by atoms with Crippen LogP contribution in [0.25, 0.3) is 11.4 Å². The van der Waals surface area contributed by atoms with Gasteiger partial charge in [0.05, 0.1) is 31.6 Å². The molecule has 1 aliphatic rings. The Morgan fingerprint density at radius 1 is 1.21 bits per heavy atom. The Bertz CT molecular complexity index is 1050. The van der Waals surface area contributed by atoms with Crippen LogP contribution in [0.3, 0.4) is 0 Å². The molecular formula is C25H30N4O3S. The van der Waals surface area contributed by atoms with Crippen LogP contribution in [0.2, 0.25) is 0 Å². The average Bonchev–Trinajstić information content (AvgIpc) is 3.52. The highest BCUT2D eigenvalue weighted by Crippen LogP contribution is 2.28. The normalized spacial score (nSPS) is 16.5. The lowest BCUT2D eigenvalue weighted by Gasteiger charge is -2.25. The second kappa shape index (κ2) is 10.9. The molecule has 0 spiro atoms. The number of hydrogen-bond donors (Lipinski definition) is 0. The summed E-state index contributed by atoms with van der Waals surface area (Å²) in [5, 5.41) is 9.62. The maximum Gasteiger partial charge on any atom is 0.233 e. The van der Waals surface area contributed by atoms with Gasteiger partial charge in [-0.2, -0.15) is 0 Å². The van der Waals surface area contributed by atoms with E-state index < -0.39 is 0 Å². The van der Waals surface area contributed by atoms with E-state index in [-0.39, 0.29) is 18.1 Å². The minimum atomic E-state index is -0.00100. The highest BCUT2D eigenvalue weighted by molar-refractivity contribution is 7.99. The van der Waals surface area contributed by atoms with Crippen molar-refractivity contribution in [2.24, 2.45) is 0 Å². The number of rotatable bonds is 9. The molecule has 0 unspecified atom stereocenters. The molecule has 1 aromatic heterocycles. The number of nitrogens with zero attached hydrogens (tertiary/aromatic N) is 4. The fourth-order valence-corrected chi connectivity index (χ4v) is 4.78. The van der Waals surface area contributed by atoms with Crippen molar-refractivity contribution in [3.05, 3.63) is 60.2 Å². The molecule has 0 aliphatic carbocycles. The van der Waals surface area contributed by atoms with Crippen molar-refractivity contribution in [2.75, 3.05) is 26.5 Å². The quantitative estimate of drug-likeness (QED) is 0.434. The molecule has 8 heteroatoms. The van der Waals surface area contributed by atoms with Crippen LogP contribution >= 0.6 is 11.8 Å². The van der Waals surface area contributed by atoms with Crippen LogP contribution in [-0.4, -0.2) is 58.2 Å². The van der Waals surface area contributed by atoms with Gasteiger partial charge in [-0.15, -0.1) is 10.2 Å². The molecule has 174 valence electrons. The van der Waals surface area contributed by atoms with E-state index in [9.17, 15) is 4.79 Å². The van der Waals surface area contributed by atoms with E-state index in [1.54, 1.807) is 12.0 Å². The third kappa shape index (κ3) is 5.57. The first-order valence-corrected chi connectivity index (χ1v) is 12.2. The Labute approximate surface area is 199 Å². The Morgan fingerprint density at radius 2 is 1.97 bits per heavy atom. The summed E-state index contributed by atoms with van der Waals surface area (Å²) in [5.74, 6) is 1.91. The van der Waals surface area contributed by atoms with Crippen LogP contribution in [0, 0.1) is 0 Å². The molecule has 0 radical (unpaired) electrons. The lowest BCUT2D eigenvalue weighted by atomic mass is 10.1. The lowest BCUT2D eigenvalue weighted by molar-refractivity contribution is -0.128. The summed E-state index contributed by atoms with van der Waals surface area (Å²) < 4.78 is 13.2. The van der Waals surface area contributed by atoms with E-state index in [0.29, 0.717) is 12.3 Å². The van der Waals surface area contributed by atoms with Gasteiger partial charge < -0.3 is 14.4 Å². The number of thioether (sulfide) groups is 1. The van der Waals surface area contributed by atoms with Crippen LogP contribution in [0.5, 0.6) is 5.75 Å². The maximum absolute atomic E-state index is 12.9. The van der Waals surface area contributed by atoms with Crippen molar-refractivity contribution < 1.29 is 14.3 Å². The fourth-order valence-electron chi connectivity index (χ4n) is 3.90. The van der Waals surface area contributed by atoms with E-state index in [4.69, 9.17) is 9.47 Å². The van der Waals surface area contributed by atoms with Gasteiger partial charge in [-0.3, -0.25) is 9.36 Å². The molecule has 1 amide bonds. The Balaban J connectivity index is 1.50. The number of amides is 1. The second-order valence-corrected chi connectivity index (χ2v) is 9.10. The standard InChI is InChI=1S/C25H30N4O3S/c1-18(19-8-5-4-6-9-19)28(2)23(30)17-33-25-27-26-24(20-11-13-21(31-3)14-12-20)29(25)16-22-10-7-15-32-22/h4-6,8-9,11-14,18,22H,7,10,15-17H2,1-3H3/t18-,22-/m1/s1. The fraction of sp³-hybridized carbons (Fsp3) is 0.400. The zero-order valence-electron chi connectivity index (χ0n) is 19.3. The molecule has 1 saturated heterocycles. The lowest BCUT2D eigenvalue weighted by Crippen LogP contribution is -2.31. The Kier molecular flexibility index (Phi) is 7.67. The van der Waals surface area contributed by atoms with Crippen molar-refractivity contribution in [3.63, 3.8) is 0 Å². The molecule has 7 nitrogen and oxygen atoms in total. The largest absolute Gasteiger partial charge is 0.497 e. The van der Waals surface area contributed by atoms with Gasteiger partial charge in [-0.1, -0.05) is 42.1 Å². The molecule has 1 aliphatic heterocycles. The zero-order chi connectivity index (χ0) is 23.2. The van der Waals surface area contributed by atoms with Gasteiger partial charge in [-0.25, -0.2) is 0 Å². The summed E-state index contributed by atoms with van der Waals surface area (Å²) in [6, 6.07) is 17.8. The molecule has 1 fully saturated rings. The first-order valence-electron chi connectivity index (χ1n) is 11.2. The molecule has 0 N–H and O–H groups in total. The molecule has 3 aromatic rings. The maximum atomic E-state index is 12.9. The van der Waals surface area contributed by atoms with Crippen LogP contribution in [0.1, 0.15) is 31.4 Å². The van der Waals surface area contributed by atoms with Gasteiger partial charge in [0, 0.05) is 19.2 Å². The first-order chi connectivity index (χ1) is 16.1. The van der Waals surface area contributed by atoms with Gasteiger partial charge in [-0.05, 0) is 49.6 Å². The molecule has 0 saturated carbocycles. The second-order valence-electron chi connectivity index (χ2n) is 8.16. The highest BCUT2D eigenvalue weighted by Gasteiger charge is 2.23. The monoisotopic (exact) mass is 466 g/mol. The Hall–Kier alpha value is -2.84. The molecule has 2 heterocycles. The van der Waals surface area contributed by atoms with E-state index in [2.05, 4.69) is 14.8 Å². The minimum absolute atomic E-state index is 0.00100. The van der Waals surface area contributed by atoms with E-state index in [0.717, 1.165) is 47.3 Å². The summed E-state index contributed by atoms with van der Waals surface area (Å²) >= 11 is 1.42. The predicted molar refractivity (Wildman–Crippen MR) is 129 cm³/mol.